The number of rotatable bonds is 4. The Labute approximate surface area is 140 Å². The summed E-state index contributed by atoms with van der Waals surface area (Å²) in [5.41, 5.74) is 0. The van der Waals surface area contributed by atoms with E-state index in [1.54, 1.807) is 6.92 Å². The minimum atomic E-state index is -3.79. The molecule has 1 heterocycles. The average Bonchev–Trinajstić information content (AvgIpc) is 2.50. The third kappa shape index (κ3) is 3.56. The Bertz CT molecular complexity index is 663. The van der Waals surface area contributed by atoms with E-state index in [1.165, 1.54) is 22.5 Å². The topological polar surface area (TPSA) is 63.7 Å². The summed E-state index contributed by atoms with van der Waals surface area (Å²) in [5, 5.41) is 0.184. The first-order chi connectivity index (χ1) is 10.4. The number of hydrogen-bond donors (Lipinski definition) is 0. The van der Waals surface area contributed by atoms with Gasteiger partial charge in [0.05, 0.1) is 22.6 Å². The molecule has 0 radical (unpaired) electrons. The lowest BCUT2D eigenvalue weighted by atomic mass is 10.0. The zero-order chi connectivity index (χ0) is 16.3. The van der Waals surface area contributed by atoms with Crippen LogP contribution in [-0.2, 0) is 19.6 Å². The molecule has 1 unspecified atom stereocenters. The zero-order valence-electron chi connectivity index (χ0n) is 12.1. The molecule has 1 aliphatic heterocycles. The molecule has 5 nitrogen and oxygen atoms in total. The van der Waals surface area contributed by atoms with Crippen LogP contribution >= 0.6 is 23.2 Å². The quantitative estimate of drug-likeness (QED) is 0.769. The Morgan fingerprint density at radius 2 is 2.14 bits per heavy atom. The maximum Gasteiger partial charge on any atom is 0.310 e. The van der Waals surface area contributed by atoms with Crippen molar-refractivity contribution in [3.63, 3.8) is 0 Å². The summed E-state index contributed by atoms with van der Waals surface area (Å²) in [4.78, 5) is 11.8. The number of piperidine rings is 1. The number of hydrogen-bond acceptors (Lipinski definition) is 4. The maximum atomic E-state index is 12.7. The van der Waals surface area contributed by atoms with E-state index in [0.29, 0.717) is 19.4 Å². The third-order valence-electron chi connectivity index (χ3n) is 3.54. The highest BCUT2D eigenvalue weighted by Gasteiger charge is 2.35. The second kappa shape index (κ2) is 7.17. The smallest absolute Gasteiger partial charge is 0.310 e. The van der Waals surface area contributed by atoms with Crippen molar-refractivity contribution in [3.05, 3.63) is 28.2 Å². The van der Waals surface area contributed by atoms with E-state index in [9.17, 15) is 13.2 Å². The first-order valence-corrected chi connectivity index (χ1v) is 9.18. The van der Waals surface area contributed by atoms with Gasteiger partial charge < -0.3 is 4.74 Å². The molecule has 1 atom stereocenters. The van der Waals surface area contributed by atoms with Gasteiger partial charge in [0.1, 0.15) is 4.90 Å². The number of nitrogens with zero attached hydrogens (tertiary/aromatic N) is 1. The van der Waals surface area contributed by atoms with Gasteiger partial charge in [-0.05, 0) is 31.9 Å². The second-order valence-electron chi connectivity index (χ2n) is 5.01. The molecule has 2 rings (SSSR count). The highest BCUT2D eigenvalue weighted by atomic mass is 35.5. The van der Waals surface area contributed by atoms with Crippen LogP contribution in [0.15, 0.2) is 23.1 Å². The van der Waals surface area contributed by atoms with Crippen molar-refractivity contribution in [2.75, 3.05) is 19.7 Å². The van der Waals surface area contributed by atoms with Crippen molar-refractivity contribution in [1.29, 1.82) is 0 Å². The van der Waals surface area contributed by atoms with Crippen molar-refractivity contribution in [3.8, 4) is 0 Å². The van der Waals surface area contributed by atoms with Gasteiger partial charge in [-0.15, -0.1) is 0 Å². The summed E-state index contributed by atoms with van der Waals surface area (Å²) >= 11 is 11.9. The maximum absolute atomic E-state index is 12.7. The summed E-state index contributed by atoms with van der Waals surface area (Å²) < 4.78 is 31.7. The van der Waals surface area contributed by atoms with Gasteiger partial charge >= 0.3 is 5.97 Å². The molecule has 0 aliphatic carbocycles. The average molecular weight is 366 g/mol. The molecule has 1 aromatic rings. The van der Waals surface area contributed by atoms with Gasteiger partial charge in [0, 0.05) is 13.1 Å². The number of carbonyl (C=O) groups is 1. The molecule has 1 saturated heterocycles. The lowest BCUT2D eigenvalue weighted by Gasteiger charge is -2.30. The fourth-order valence-electron chi connectivity index (χ4n) is 2.44. The van der Waals surface area contributed by atoms with Crippen LogP contribution in [0.4, 0.5) is 0 Å². The van der Waals surface area contributed by atoms with Gasteiger partial charge in [0.2, 0.25) is 10.0 Å². The van der Waals surface area contributed by atoms with Crippen molar-refractivity contribution >= 4 is 39.2 Å². The van der Waals surface area contributed by atoms with E-state index in [2.05, 4.69) is 0 Å². The highest BCUT2D eigenvalue weighted by molar-refractivity contribution is 7.89. The molecular weight excluding hydrogens is 349 g/mol. The lowest BCUT2D eigenvalue weighted by molar-refractivity contribution is -0.149. The molecule has 0 spiro atoms. The molecule has 8 heteroatoms. The van der Waals surface area contributed by atoms with Gasteiger partial charge in [-0.3, -0.25) is 4.79 Å². The predicted octanol–water partition coefficient (Wildman–Crippen LogP) is 2.96. The van der Waals surface area contributed by atoms with Gasteiger partial charge in [-0.2, -0.15) is 4.31 Å². The van der Waals surface area contributed by atoms with Crippen LogP contribution in [0.2, 0.25) is 10.0 Å². The summed E-state index contributed by atoms with van der Waals surface area (Å²) in [6, 6.07) is 4.48. The molecule has 1 fully saturated rings. The zero-order valence-corrected chi connectivity index (χ0v) is 14.4. The first kappa shape index (κ1) is 17.5. The lowest BCUT2D eigenvalue weighted by Crippen LogP contribution is -2.42. The number of carbonyl (C=O) groups excluding carboxylic acids is 1. The van der Waals surface area contributed by atoms with Crippen LogP contribution in [0, 0.1) is 5.92 Å². The van der Waals surface area contributed by atoms with Crippen LogP contribution in [0.3, 0.4) is 0 Å². The normalized spacial score (nSPS) is 19.9. The molecule has 1 aliphatic rings. The van der Waals surface area contributed by atoms with Crippen molar-refractivity contribution in [2.45, 2.75) is 24.7 Å². The summed E-state index contributed by atoms with van der Waals surface area (Å²) in [6.45, 7) is 2.45. The number of halogens is 2. The monoisotopic (exact) mass is 365 g/mol. The second-order valence-corrected chi connectivity index (χ2v) is 7.70. The fraction of sp³-hybridized carbons (Fsp3) is 0.500. The summed E-state index contributed by atoms with van der Waals surface area (Å²) in [6.07, 6.45) is 1.22. The van der Waals surface area contributed by atoms with Crippen molar-refractivity contribution < 1.29 is 17.9 Å². The molecule has 0 bridgehead atoms. The van der Waals surface area contributed by atoms with Crippen LogP contribution in [0.25, 0.3) is 0 Å². The highest BCUT2D eigenvalue weighted by Crippen LogP contribution is 2.32. The standard InChI is InChI=1S/C14H17Cl2NO4S/c1-2-21-14(18)10-5-4-8-17(9-10)22(19,20)12-7-3-6-11(15)13(12)16/h3,6-7,10H,2,4-5,8-9H2,1H3. The van der Waals surface area contributed by atoms with Gasteiger partial charge in [0.15, 0.2) is 0 Å². The third-order valence-corrected chi connectivity index (χ3v) is 6.38. The Hall–Kier alpha value is -0.820. The molecule has 1 aromatic carbocycles. The first-order valence-electron chi connectivity index (χ1n) is 6.98. The molecule has 22 heavy (non-hydrogen) atoms. The minimum absolute atomic E-state index is 0.00225. The number of benzene rings is 1. The van der Waals surface area contributed by atoms with Crippen molar-refractivity contribution in [2.24, 2.45) is 5.92 Å². The van der Waals surface area contributed by atoms with E-state index in [1.807, 2.05) is 0 Å². The van der Waals surface area contributed by atoms with E-state index in [-0.39, 0.29) is 34.1 Å². The molecule has 122 valence electrons. The predicted molar refractivity (Wildman–Crippen MR) is 84.6 cm³/mol. The van der Waals surface area contributed by atoms with Gasteiger partial charge in [-0.25, -0.2) is 8.42 Å². The van der Waals surface area contributed by atoms with Crippen molar-refractivity contribution in [1.82, 2.24) is 4.31 Å². The van der Waals surface area contributed by atoms with Gasteiger partial charge in [-0.1, -0.05) is 29.3 Å². The molecule has 0 saturated carbocycles. The SMILES string of the molecule is CCOC(=O)C1CCCN(S(=O)(=O)c2cccc(Cl)c2Cl)C1. The van der Waals surface area contributed by atoms with E-state index < -0.39 is 15.9 Å². The Morgan fingerprint density at radius 3 is 2.82 bits per heavy atom. The summed E-state index contributed by atoms with van der Waals surface area (Å²) in [5.74, 6) is -0.805. The minimum Gasteiger partial charge on any atom is -0.466 e. The van der Waals surface area contributed by atoms with Crippen LogP contribution in [0.1, 0.15) is 19.8 Å². The van der Waals surface area contributed by atoms with Crippen LogP contribution in [-0.4, -0.2) is 38.4 Å². The van der Waals surface area contributed by atoms with E-state index in [0.717, 1.165) is 0 Å². The van der Waals surface area contributed by atoms with Crippen LogP contribution in [0.5, 0.6) is 0 Å². The Kier molecular flexibility index (Phi) is 5.71. The molecule has 0 N–H and O–H groups in total. The van der Waals surface area contributed by atoms with Crippen LogP contribution < -0.4 is 0 Å². The van der Waals surface area contributed by atoms with Gasteiger partial charge in [0.25, 0.3) is 0 Å². The fourth-order valence-corrected chi connectivity index (χ4v) is 4.70. The molecule has 0 amide bonds. The number of sulfonamides is 1. The Morgan fingerprint density at radius 1 is 1.41 bits per heavy atom. The largest absolute Gasteiger partial charge is 0.466 e. The van der Waals surface area contributed by atoms with E-state index in [4.69, 9.17) is 27.9 Å². The number of esters is 1. The Balaban J connectivity index is 2.26. The number of ether oxygens (including phenoxy) is 1. The van der Waals surface area contributed by atoms with E-state index >= 15 is 0 Å². The molecule has 0 aromatic heterocycles. The molecular formula is C14H17Cl2NO4S. The summed E-state index contributed by atoms with van der Waals surface area (Å²) in [7, 11) is -3.79.